The second kappa shape index (κ2) is 5.89. The van der Waals surface area contributed by atoms with Gasteiger partial charge in [-0.2, -0.15) is 0 Å². The molecule has 0 spiro atoms. The van der Waals surface area contributed by atoms with Gasteiger partial charge in [0.2, 0.25) is 0 Å². The summed E-state index contributed by atoms with van der Waals surface area (Å²) >= 11 is 1.93. The van der Waals surface area contributed by atoms with Crippen molar-refractivity contribution >= 4 is 28.5 Å². The molecular weight excluding hydrogens is 272 g/mol. The monoisotopic (exact) mass is 290 g/mol. The Labute approximate surface area is 122 Å². The van der Waals surface area contributed by atoms with Crippen molar-refractivity contribution in [2.45, 2.75) is 11.0 Å². The maximum atomic E-state index is 5.25. The average Bonchev–Trinajstić information content (AvgIpc) is 2.44. The number of thioether (sulfide) groups is 1. The van der Waals surface area contributed by atoms with Crippen LogP contribution in [0, 0.1) is 0 Å². The van der Waals surface area contributed by atoms with Gasteiger partial charge in [-0.15, -0.1) is 11.8 Å². The van der Waals surface area contributed by atoms with E-state index >= 15 is 0 Å². The molecule has 0 unspecified atom stereocenters. The third-order valence-corrected chi connectivity index (χ3v) is 4.64. The van der Waals surface area contributed by atoms with Crippen molar-refractivity contribution in [2.24, 2.45) is 0 Å². The van der Waals surface area contributed by atoms with Gasteiger partial charge in [-0.3, -0.25) is 0 Å². The number of anilines is 1. The predicted octanol–water partition coefficient (Wildman–Crippen LogP) is 2.92. The van der Waals surface area contributed by atoms with Crippen LogP contribution in [0.2, 0.25) is 0 Å². The highest BCUT2D eigenvalue weighted by molar-refractivity contribution is 7.99. The number of hydrogen-bond acceptors (Lipinski definition) is 5. The summed E-state index contributed by atoms with van der Waals surface area (Å²) in [6, 6.07) is 8.20. The summed E-state index contributed by atoms with van der Waals surface area (Å²) in [6.07, 6.45) is 0. The molecule has 1 aromatic carbocycles. The molecule has 0 aliphatic carbocycles. The number of rotatable bonds is 5. The van der Waals surface area contributed by atoms with Gasteiger partial charge < -0.3 is 14.8 Å². The highest BCUT2D eigenvalue weighted by atomic mass is 32.2. The van der Waals surface area contributed by atoms with Crippen LogP contribution in [-0.2, 0) is 10.5 Å². The predicted molar refractivity (Wildman–Crippen MR) is 83.7 cm³/mol. The molecule has 1 saturated heterocycles. The molecule has 5 heteroatoms. The van der Waals surface area contributed by atoms with Crippen LogP contribution >= 0.6 is 11.8 Å². The molecule has 0 atom stereocenters. The van der Waals surface area contributed by atoms with Gasteiger partial charge in [0.15, 0.2) is 0 Å². The quantitative estimate of drug-likeness (QED) is 0.917. The number of aromatic nitrogens is 1. The van der Waals surface area contributed by atoms with E-state index in [1.807, 2.05) is 30.9 Å². The van der Waals surface area contributed by atoms with E-state index in [0.29, 0.717) is 5.25 Å². The lowest BCUT2D eigenvalue weighted by molar-refractivity contribution is 0.0455. The highest BCUT2D eigenvalue weighted by Crippen LogP contribution is 2.29. The second-order valence-corrected chi connectivity index (χ2v) is 6.06. The number of benzene rings is 1. The van der Waals surface area contributed by atoms with Crippen molar-refractivity contribution in [1.82, 2.24) is 4.98 Å². The number of nitrogens with one attached hydrogen (secondary N) is 1. The molecule has 1 fully saturated rings. The lowest BCUT2D eigenvalue weighted by Crippen LogP contribution is -2.30. The maximum absolute atomic E-state index is 5.25. The molecule has 3 rings (SSSR count). The van der Waals surface area contributed by atoms with Crippen molar-refractivity contribution in [3.05, 3.63) is 29.8 Å². The molecule has 20 heavy (non-hydrogen) atoms. The van der Waals surface area contributed by atoms with Crippen LogP contribution in [0.1, 0.15) is 5.56 Å². The smallest absolute Gasteiger partial charge is 0.130 e. The Kier molecular flexibility index (Phi) is 3.98. The van der Waals surface area contributed by atoms with Gasteiger partial charge in [-0.05, 0) is 18.2 Å². The second-order valence-electron chi connectivity index (χ2n) is 4.78. The van der Waals surface area contributed by atoms with Gasteiger partial charge in [-0.1, -0.05) is 0 Å². The van der Waals surface area contributed by atoms with Crippen molar-refractivity contribution in [3.8, 4) is 5.75 Å². The average molecular weight is 290 g/mol. The molecule has 106 valence electrons. The molecule has 1 N–H and O–H groups in total. The first-order valence-corrected chi connectivity index (χ1v) is 7.70. The Balaban J connectivity index is 1.89. The summed E-state index contributed by atoms with van der Waals surface area (Å²) in [5.74, 6) is 2.73. The van der Waals surface area contributed by atoms with Crippen LogP contribution in [-0.4, -0.2) is 37.6 Å². The lowest BCUT2D eigenvalue weighted by atomic mass is 10.1. The molecule has 4 nitrogen and oxygen atoms in total. The van der Waals surface area contributed by atoms with E-state index in [-0.39, 0.29) is 0 Å². The highest BCUT2D eigenvalue weighted by Gasteiger charge is 2.19. The van der Waals surface area contributed by atoms with Crippen LogP contribution in [0.4, 0.5) is 5.82 Å². The first-order chi connectivity index (χ1) is 9.80. The van der Waals surface area contributed by atoms with E-state index in [9.17, 15) is 0 Å². The first-order valence-electron chi connectivity index (χ1n) is 6.65. The summed E-state index contributed by atoms with van der Waals surface area (Å²) in [5.41, 5.74) is 2.19. The van der Waals surface area contributed by atoms with Crippen LogP contribution in [0.3, 0.4) is 0 Å². The third kappa shape index (κ3) is 2.69. The molecule has 1 aliphatic rings. The molecule has 0 bridgehead atoms. The number of nitrogens with zero attached hydrogens (tertiary/aromatic N) is 1. The Morgan fingerprint density at radius 2 is 2.25 bits per heavy atom. The Morgan fingerprint density at radius 3 is 2.90 bits per heavy atom. The van der Waals surface area contributed by atoms with E-state index in [1.165, 1.54) is 5.56 Å². The molecule has 2 heterocycles. The van der Waals surface area contributed by atoms with Gasteiger partial charge >= 0.3 is 0 Å². The van der Waals surface area contributed by atoms with Crippen LogP contribution in [0.25, 0.3) is 10.9 Å². The van der Waals surface area contributed by atoms with E-state index in [4.69, 9.17) is 9.47 Å². The fourth-order valence-corrected chi connectivity index (χ4v) is 3.18. The Morgan fingerprint density at radius 1 is 1.40 bits per heavy atom. The van der Waals surface area contributed by atoms with Gasteiger partial charge in [0, 0.05) is 29.8 Å². The number of fused-ring (bicyclic) bond motifs is 1. The molecular formula is C15H18N2O2S. The number of methoxy groups -OCH3 is 1. The summed E-state index contributed by atoms with van der Waals surface area (Å²) in [6.45, 7) is 1.75. The molecule has 0 amide bonds. The number of ether oxygens (including phenoxy) is 2. The topological polar surface area (TPSA) is 43.4 Å². The fraction of sp³-hybridized carbons (Fsp3) is 0.400. The van der Waals surface area contributed by atoms with Gasteiger partial charge in [-0.25, -0.2) is 4.98 Å². The molecule has 1 aliphatic heterocycles. The minimum atomic E-state index is 0.631. The third-order valence-electron chi connectivity index (χ3n) is 3.42. The minimum absolute atomic E-state index is 0.631. The van der Waals surface area contributed by atoms with E-state index in [1.54, 1.807) is 7.11 Å². The van der Waals surface area contributed by atoms with Gasteiger partial charge in [0.05, 0.1) is 31.1 Å². The van der Waals surface area contributed by atoms with Crippen molar-refractivity contribution in [2.75, 3.05) is 32.7 Å². The molecule has 2 aromatic rings. The van der Waals surface area contributed by atoms with E-state index < -0.39 is 0 Å². The van der Waals surface area contributed by atoms with E-state index in [2.05, 4.69) is 22.4 Å². The summed E-state index contributed by atoms with van der Waals surface area (Å²) in [4.78, 5) is 4.69. The summed E-state index contributed by atoms with van der Waals surface area (Å²) < 4.78 is 10.5. The van der Waals surface area contributed by atoms with Crippen molar-refractivity contribution < 1.29 is 9.47 Å². The Bertz CT molecular complexity index is 614. The minimum Gasteiger partial charge on any atom is -0.497 e. The van der Waals surface area contributed by atoms with Crippen LogP contribution < -0.4 is 10.1 Å². The van der Waals surface area contributed by atoms with Crippen molar-refractivity contribution in [3.63, 3.8) is 0 Å². The SMILES string of the molecule is CNc1nc2cc(OC)ccc2cc1CSC1COC1. The van der Waals surface area contributed by atoms with Crippen LogP contribution in [0.15, 0.2) is 24.3 Å². The molecule has 1 aromatic heterocycles. The zero-order valence-electron chi connectivity index (χ0n) is 11.7. The van der Waals surface area contributed by atoms with Crippen LogP contribution in [0.5, 0.6) is 5.75 Å². The molecule has 0 radical (unpaired) electrons. The Hall–Kier alpha value is -1.46. The first kappa shape index (κ1) is 13.5. The zero-order chi connectivity index (χ0) is 13.9. The van der Waals surface area contributed by atoms with Crippen molar-refractivity contribution in [1.29, 1.82) is 0 Å². The van der Waals surface area contributed by atoms with E-state index in [0.717, 1.165) is 41.4 Å². The largest absolute Gasteiger partial charge is 0.497 e. The van der Waals surface area contributed by atoms with Gasteiger partial charge in [0.25, 0.3) is 0 Å². The normalized spacial score (nSPS) is 15.1. The number of hydrogen-bond donors (Lipinski definition) is 1. The van der Waals surface area contributed by atoms with Gasteiger partial charge in [0.1, 0.15) is 11.6 Å². The molecule has 0 saturated carbocycles. The maximum Gasteiger partial charge on any atom is 0.130 e. The standard InChI is InChI=1S/C15H18N2O2S/c1-16-15-11(9-20-13-7-19-8-13)5-10-3-4-12(18-2)6-14(10)17-15/h3-6,13H,7-9H2,1-2H3,(H,16,17). The number of pyridine rings is 1. The zero-order valence-corrected chi connectivity index (χ0v) is 12.5. The lowest BCUT2D eigenvalue weighted by Gasteiger charge is -2.25. The fourth-order valence-electron chi connectivity index (χ4n) is 2.16. The summed E-state index contributed by atoms with van der Waals surface area (Å²) in [5, 5.41) is 4.96. The summed E-state index contributed by atoms with van der Waals surface area (Å²) in [7, 11) is 3.58.